The number of carboxylic acid groups (broad SMARTS) is 1. The molecular formula is C10H3Cl2F3O2S. The van der Waals surface area contributed by atoms with Gasteiger partial charge in [-0.15, -0.1) is 11.3 Å². The number of hydrogen-bond donors (Lipinski definition) is 1. The van der Waals surface area contributed by atoms with Gasteiger partial charge in [0.05, 0.1) is 20.3 Å². The van der Waals surface area contributed by atoms with Gasteiger partial charge in [0.15, 0.2) is 0 Å². The molecule has 0 fully saturated rings. The molecule has 0 saturated heterocycles. The van der Waals surface area contributed by atoms with Crippen molar-refractivity contribution in [3.05, 3.63) is 32.6 Å². The number of rotatable bonds is 1. The summed E-state index contributed by atoms with van der Waals surface area (Å²) in [6.07, 6.45) is -4.62. The van der Waals surface area contributed by atoms with Gasteiger partial charge < -0.3 is 5.11 Å². The number of alkyl halides is 3. The summed E-state index contributed by atoms with van der Waals surface area (Å²) in [7, 11) is 0. The molecule has 2 aromatic rings. The molecule has 1 heterocycles. The number of benzene rings is 1. The van der Waals surface area contributed by atoms with Crippen molar-refractivity contribution in [1.29, 1.82) is 0 Å². The number of hydrogen-bond acceptors (Lipinski definition) is 2. The topological polar surface area (TPSA) is 37.3 Å². The van der Waals surface area contributed by atoms with Gasteiger partial charge in [-0.1, -0.05) is 23.2 Å². The summed E-state index contributed by atoms with van der Waals surface area (Å²) in [5.41, 5.74) is -0.990. The summed E-state index contributed by atoms with van der Waals surface area (Å²) < 4.78 is 38.4. The highest BCUT2D eigenvalue weighted by Crippen LogP contribution is 2.45. The van der Waals surface area contributed by atoms with E-state index in [1.54, 1.807) is 0 Å². The van der Waals surface area contributed by atoms with Crippen LogP contribution in [-0.2, 0) is 6.18 Å². The molecule has 0 amide bonds. The van der Waals surface area contributed by atoms with Crippen LogP contribution in [0.25, 0.3) is 10.1 Å². The maximum Gasteiger partial charge on any atom is 0.417 e. The van der Waals surface area contributed by atoms with Crippen molar-refractivity contribution >= 4 is 50.6 Å². The second kappa shape index (κ2) is 4.29. The summed E-state index contributed by atoms with van der Waals surface area (Å²) in [6, 6.07) is 1.86. The van der Waals surface area contributed by atoms with Crippen molar-refractivity contribution in [3.8, 4) is 0 Å². The van der Waals surface area contributed by atoms with Crippen LogP contribution in [0.15, 0.2) is 12.1 Å². The van der Waals surface area contributed by atoms with Gasteiger partial charge in [-0.2, -0.15) is 13.2 Å². The summed E-state index contributed by atoms with van der Waals surface area (Å²) in [4.78, 5) is 10.5. The predicted octanol–water partition coefficient (Wildman–Crippen LogP) is 4.93. The average Bonchev–Trinajstić information content (AvgIpc) is 2.56. The quantitative estimate of drug-likeness (QED) is 0.810. The summed E-state index contributed by atoms with van der Waals surface area (Å²) in [5.74, 6) is -1.38. The fourth-order valence-corrected chi connectivity index (χ4v) is 3.19. The van der Waals surface area contributed by atoms with Crippen molar-refractivity contribution in [3.63, 3.8) is 0 Å². The van der Waals surface area contributed by atoms with Crippen molar-refractivity contribution in [1.82, 2.24) is 0 Å². The normalized spacial score (nSPS) is 12.1. The van der Waals surface area contributed by atoms with Gasteiger partial charge >= 0.3 is 12.1 Å². The van der Waals surface area contributed by atoms with E-state index in [0.717, 1.165) is 12.1 Å². The Morgan fingerprint density at radius 1 is 1.28 bits per heavy atom. The molecule has 0 saturated carbocycles. The zero-order valence-corrected chi connectivity index (χ0v) is 10.6. The van der Waals surface area contributed by atoms with Gasteiger partial charge in [0.1, 0.15) is 4.88 Å². The molecule has 0 radical (unpaired) electrons. The number of thiophene rings is 1. The highest BCUT2D eigenvalue weighted by molar-refractivity contribution is 7.22. The highest BCUT2D eigenvalue weighted by Gasteiger charge is 2.35. The summed E-state index contributed by atoms with van der Waals surface area (Å²) >= 11 is 12.1. The number of carbonyl (C=O) groups is 1. The molecule has 8 heteroatoms. The van der Waals surface area contributed by atoms with Crippen LogP contribution in [0.1, 0.15) is 15.2 Å². The van der Waals surface area contributed by atoms with E-state index >= 15 is 0 Å². The van der Waals surface area contributed by atoms with Crippen molar-refractivity contribution in [2.45, 2.75) is 6.18 Å². The van der Waals surface area contributed by atoms with Gasteiger partial charge in [0.25, 0.3) is 0 Å². The minimum Gasteiger partial charge on any atom is -0.477 e. The molecule has 0 aliphatic heterocycles. The predicted molar refractivity (Wildman–Crippen MR) is 63.8 cm³/mol. The molecule has 18 heavy (non-hydrogen) atoms. The summed E-state index contributed by atoms with van der Waals surface area (Å²) in [5, 5.41) is 8.10. The molecule has 0 atom stereocenters. The SMILES string of the molecule is O=C(O)c1sc2c(Cl)ccc(C(F)(F)F)c2c1Cl. The van der Waals surface area contributed by atoms with Crippen LogP contribution in [0.3, 0.4) is 0 Å². The Hall–Kier alpha value is -0.980. The van der Waals surface area contributed by atoms with E-state index in [-0.39, 0.29) is 20.0 Å². The van der Waals surface area contributed by atoms with E-state index < -0.39 is 22.7 Å². The second-order valence-corrected chi connectivity index (χ2v) is 5.15. The molecule has 0 aliphatic carbocycles. The number of halogens is 5. The van der Waals surface area contributed by atoms with E-state index in [1.165, 1.54) is 0 Å². The first-order valence-electron chi connectivity index (χ1n) is 4.44. The molecule has 0 bridgehead atoms. The summed E-state index contributed by atoms with van der Waals surface area (Å²) in [6.45, 7) is 0. The lowest BCUT2D eigenvalue weighted by Gasteiger charge is -2.08. The van der Waals surface area contributed by atoms with Gasteiger partial charge in [-0.3, -0.25) is 0 Å². The molecule has 2 rings (SSSR count). The molecule has 0 unspecified atom stereocenters. The number of carboxylic acids is 1. The lowest BCUT2D eigenvalue weighted by molar-refractivity contribution is -0.136. The smallest absolute Gasteiger partial charge is 0.417 e. The Kier molecular flexibility index (Phi) is 3.21. The third-order valence-corrected chi connectivity index (χ3v) is 4.36. The Balaban J connectivity index is 2.93. The van der Waals surface area contributed by atoms with Crippen LogP contribution in [-0.4, -0.2) is 11.1 Å². The Morgan fingerprint density at radius 2 is 1.89 bits per heavy atom. The molecule has 1 aromatic heterocycles. The van der Waals surface area contributed by atoms with Crippen LogP contribution >= 0.6 is 34.5 Å². The fourth-order valence-electron chi connectivity index (χ4n) is 1.51. The van der Waals surface area contributed by atoms with Crippen molar-refractivity contribution in [2.24, 2.45) is 0 Å². The molecule has 0 spiro atoms. The van der Waals surface area contributed by atoms with Gasteiger partial charge in [-0.25, -0.2) is 4.79 Å². The first-order valence-corrected chi connectivity index (χ1v) is 6.01. The first-order chi connectivity index (χ1) is 8.23. The van der Waals surface area contributed by atoms with Crippen LogP contribution < -0.4 is 0 Å². The number of aromatic carboxylic acids is 1. The fraction of sp³-hybridized carbons (Fsp3) is 0.100. The van der Waals surface area contributed by atoms with Gasteiger partial charge in [-0.05, 0) is 12.1 Å². The zero-order chi connectivity index (χ0) is 13.7. The van der Waals surface area contributed by atoms with Crippen LogP contribution in [0.5, 0.6) is 0 Å². The molecule has 96 valence electrons. The Labute approximate surface area is 113 Å². The zero-order valence-electron chi connectivity index (χ0n) is 8.31. The van der Waals surface area contributed by atoms with E-state index in [1.807, 2.05) is 0 Å². The highest BCUT2D eigenvalue weighted by atomic mass is 35.5. The van der Waals surface area contributed by atoms with E-state index in [2.05, 4.69) is 0 Å². The van der Waals surface area contributed by atoms with Gasteiger partial charge in [0, 0.05) is 5.39 Å². The van der Waals surface area contributed by atoms with E-state index in [9.17, 15) is 18.0 Å². The third-order valence-electron chi connectivity index (χ3n) is 2.23. The lowest BCUT2D eigenvalue weighted by Crippen LogP contribution is -2.05. The second-order valence-electron chi connectivity index (χ2n) is 3.35. The standard InChI is InChI=1S/C10H3Cl2F3O2S/c11-4-2-1-3(10(13,14)15)5-6(12)8(9(16)17)18-7(4)5/h1-2H,(H,16,17). The maximum atomic E-state index is 12.8. The molecule has 2 nitrogen and oxygen atoms in total. The third kappa shape index (κ3) is 2.04. The van der Waals surface area contributed by atoms with Crippen molar-refractivity contribution in [2.75, 3.05) is 0 Å². The van der Waals surface area contributed by atoms with Crippen LogP contribution in [0.4, 0.5) is 13.2 Å². The minimum absolute atomic E-state index is 0.0221. The first kappa shape index (κ1) is 13.5. The average molecular weight is 315 g/mol. The van der Waals surface area contributed by atoms with Crippen molar-refractivity contribution < 1.29 is 23.1 Å². The van der Waals surface area contributed by atoms with Gasteiger partial charge in [0.2, 0.25) is 0 Å². The molecule has 1 N–H and O–H groups in total. The van der Waals surface area contributed by atoms with E-state index in [0.29, 0.717) is 11.3 Å². The Morgan fingerprint density at radius 3 is 2.39 bits per heavy atom. The maximum absolute atomic E-state index is 12.8. The van der Waals surface area contributed by atoms with Crippen LogP contribution in [0.2, 0.25) is 10.0 Å². The number of fused-ring (bicyclic) bond motifs is 1. The van der Waals surface area contributed by atoms with E-state index in [4.69, 9.17) is 28.3 Å². The largest absolute Gasteiger partial charge is 0.477 e. The van der Waals surface area contributed by atoms with Crippen LogP contribution in [0, 0.1) is 0 Å². The Bertz CT molecular complexity index is 649. The molecular weight excluding hydrogens is 312 g/mol. The monoisotopic (exact) mass is 314 g/mol. The minimum atomic E-state index is -4.62. The lowest BCUT2D eigenvalue weighted by atomic mass is 10.1. The molecule has 1 aromatic carbocycles. The molecule has 0 aliphatic rings.